The minimum atomic E-state index is -0.598. The number of aliphatic hydroxyl groups is 1. The molecule has 1 atom stereocenters. The fraction of sp³-hybridized carbons (Fsp3) is 0.611. The zero-order chi connectivity index (χ0) is 15.3. The molecule has 114 valence electrons. The first kappa shape index (κ1) is 16.0. The van der Waals surface area contributed by atoms with Crippen LogP contribution in [-0.2, 0) is 13.0 Å². The molecule has 0 saturated carbocycles. The van der Waals surface area contributed by atoms with Gasteiger partial charge in [0.15, 0.2) is 0 Å². The molecule has 0 bridgehead atoms. The first-order valence-electron chi connectivity index (χ1n) is 7.88. The van der Waals surface area contributed by atoms with E-state index in [-0.39, 0.29) is 5.92 Å². The van der Waals surface area contributed by atoms with E-state index in [2.05, 4.69) is 35.2 Å². The van der Waals surface area contributed by atoms with Crippen LogP contribution in [0, 0.1) is 17.2 Å². The Morgan fingerprint density at radius 2 is 1.95 bits per heavy atom. The molecule has 1 aliphatic rings. The molecule has 21 heavy (non-hydrogen) atoms. The summed E-state index contributed by atoms with van der Waals surface area (Å²) < 4.78 is 0. The van der Waals surface area contributed by atoms with Crippen molar-refractivity contribution in [2.24, 2.45) is 5.92 Å². The van der Waals surface area contributed by atoms with E-state index in [9.17, 15) is 5.11 Å². The van der Waals surface area contributed by atoms with Crippen LogP contribution in [0.2, 0.25) is 0 Å². The van der Waals surface area contributed by atoms with E-state index in [1.165, 1.54) is 11.1 Å². The highest BCUT2D eigenvalue weighted by Crippen LogP contribution is 2.19. The smallest absolute Gasteiger partial charge is 0.0669 e. The maximum atomic E-state index is 9.77. The van der Waals surface area contributed by atoms with E-state index in [1.54, 1.807) is 0 Å². The summed E-state index contributed by atoms with van der Waals surface area (Å²) in [7, 11) is 0. The van der Waals surface area contributed by atoms with Gasteiger partial charge >= 0.3 is 0 Å². The van der Waals surface area contributed by atoms with Crippen LogP contribution in [-0.4, -0.2) is 28.7 Å². The van der Waals surface area contributed by atoms with E-state index in [4.69, 9.17) is 5.26 Å². The molecule has 0 aliphatic carbocycles. The SMILES string of the molecule is CC(C)(O)CCc1ccc(CN2CCCC(C#N)C2)cc1. The average Bonchev–Trinajstić information content (AvgIpc) is 2.46. The minimum absolute atomic E-state index is 0.199. The Labute approximate surface area is 128 Å². The van der Waals surface area contributed by atoms with Gasteiger partial charge in [0.05, 0.1) is 17.6 Å². The summed E-state index contributed by atoms with van der Waals surface area (Å²) >= 11 is 0. The normalized spacial score (nSPS) is 20.2. The maximum absolute atomic E-state index is 9.77. The van der Waals surface area contributed by atoms with Gasteiger partial charge in [0.2, 0.25) is 0 Å². The monoisotopic (exact) mass is 286 g/mol. The van der Waals surface area contributed by atoms with Crippen LogP contribution in [0.5, 0.6) is 0 Å². The summed E-state index contributed by atoms with van der Waals surface area (Å²) in [5, 5.41) is 18.8. The first-order chi connectivity index (χ1) is 9.96. The van der Waals surface area contributed by atoms with Crippen LogP contribution in [0.15, 0.2) is 24.3 Å². The fourth-order valence-corrected chi connectivity index (χ4v) is 2.82. The fourth-order valence-electron chi connectivity index (χ4n) is 2.82. The first-order valence-corrected chi connectivity index (χ1v) is 7.88. The topological polar surface area (TPSA) is 47.3 Å². The zero-order valence-electron chi connectivity index (χ0n) is 13.2. The lowest BCUT2D eigenvalue weighted by Crippen LogP contribution is -2.34. The van der Waals surface area contributed by atoms with Crippen LogP contribution < -0.4 is 0 Å². The van der Waals surface area contributed by atoms with Crippen molar-refractivity contribution >= 4 is 0 Å². The molecule has 1 N–H and O–H groups in total. The van der Waals surface area contributed by atoms with Crippen molar-refractivity contribution in [3.63, 3.8) is 0 Å². The molecule has 1 heterocycles. The highest BCUT2D eigenvalue weighted by Gasteiger charge is 2.19. The van der Waals surface area contributed by atoms with Gasteiger partial charge in [-0.1, -0.05) is 24.3 Å². The molecule has 0 amide bonds. The lowest BCUT2D eigenvalue weighted by atomic mass is 9.97. The lowest BCUT2D eigenvalue weighted by molar-refractivity contribution is 0.0714. The van der Waals surface area contributed by atoms with Crippen molar-refractivity contribution in [1.82, 2.24) is 4.90 Å². The van der Waals surface area contributed by atoms with Crippen LogP contribution >= 0.6 is 0 Å². The maximum Gasteiger partial charge on any atom is 0.0669 e. The molecule has 2 rings (SSSR count). The Hall–Kier alpha value is -1.37. The molecule has 1 fully saturated rings. The number of rotatable bonds is 5. The molecule has 0 aromatic heterocycles. The number of nitriles is 1. The Morgan fingerprint density at radius 3 is 2.57 bits per heavy atom. The van der Waals surface area contributed by atoms with Crippen molar-refractivity contribution in [3.05, 3.63) is 35.4 Å². The number of likely N-dealkylation sites (tertiary alicyclic amines) is 1. The number of hydrogen-bond donors (Lipinski definition) is 1. The van der Waals surface area contributed by atoms with Crippen LogP contribution in [0.1, 0.15) is 44.2 Å². The summed E-state index contributed by atoms with van der Waals surface area (Å²) in [5.41, 5.74) is 1.98. The Bertz CT molecular complexity index is 481. The molecule has 0 radical (unpaired) electrons. The molecular formula is C18H26N2O. The van der Waals surface area contributed by atoms with Gasteiger partial charge in [-0.25, -0.2) is 0 Å². The minimum Gasteiger partial charge on any atom is -0.390 e. The Morgan fingerprint density at radius 1 is 1.29 bits per heavy atom. The standard InChI is InChI=1S/C18H26N2O/c1-18(2,21)10-9-15-5-7-16(8-6-15)13-20-11-3-4-17(12-19)14-20/h5-8,17,21H,3-4,9-11,13-14H2,1-2H3. The summed E-state index contributed by atoms with van der Waals surface area (Å²) in [6, 6.07) is 11.1. The number of nitrogens with zero attached hydrogens (tertiary/aromatic N) is 2. The van der Waals surface area contributed by atoms with Crippen molar-refractivity contribution < 1.29 is 5.11 Å². The number of hydrogen-bond acceptors (Lipinski definition) is 3. The summed E-state index contributed by atoms with van der Waals surface area (Å²) in [6.45, 7) is 6.63. The predicted octanol–water partition coefficient (Wildman–Crippen LogP) is 3.13. The molecular weight excluding hydrogens is 260 g/mol. The van der Waals surface area contributed by atoms with Crippen molar-refractivity contribution in [2.45, 2.75) is 51.7 Å². The van der Waals surface area contributed by atoms with E-state index in [0.717, 1.165) is 45.3 Å². The lowest BCUT2D eigenvalue weighted by Gasteiger charge is -2.29. The number of aryl methyl sites for hydroxylation is 1. The molecule has 0 spiro atoms. The highest BCUT2D eigenvalue weighted by molar-refractivity contribution is 5.23. The Balaban J connectivity index is 1.86. The van der Waals surface area contributed by atoms with Gasteiger partial charge in [-0.2, -0.15) is 5.26 Å². The van der Waals surface area contributed by atoms with E-state index >= 15 is 0 Å². The molecule has 1 aromatic carbocycles. The molecule has 3 heteroatoms. The Kier molecular flexibility index (Phi) is 5.39. The third-order valence-electron chi connectivity index (χ3n) is 4.14. The van der Waals surface area contributed by atoms with Gasteiger partial charge in [-0.15, -0.1) is 0 Å². The summed E-state index contributed by atoms with van der Waals surface area (Å²) in [6.07, 6.45) is 3.86. The summed E-state index contributed by atoms with van der Waals surface area (Å²) in [4.78, 5) is 2.38. The van der Waals surface area contributed by atoms with Gasteiger partial charge < -0.3 is 5.11 Å². The van der Waals surface area contributed by atoms with Gasteiger partial charge in [-0.3, -0.25) is 4.90 Å². The second-order valence-corrected chi connectivity index (χ2v) is 6.83. The second-order valence-electron chi connectivity index (χ2n) is 6.83. The third-order valence-corrected chi connectivity index (χ3v) is 4.14. The second kappa shape index (κ2) is 7.06. The molecule has 1 saturated heterocycles. The van der Waals surface area contributed by atoms with E-state index in [0.29, 0.717) is 0 Å². The van der Waals surface area contributed by atoms with Crippen molar-refractivity contribution in [1.29, 1.82) is 5.26 Å². The van der Waals surface area contributed by atoms with Crippen molar-refractivity contribution in [2.75, 3.05) is 13.1 Å². The summed E-state index contributed by atoms with van der Waals surface area (Å²) in [5.74, 6) is 0.199. The van der Waals surface area contributed by atoms with Crippen LogP contribution in [0.3, 0.4) is 0 Å². The largest absolute Gasteiger partial charge is 0.390 e. The number of piperidine rings is 1. The van der Waals surface area contributed by atoms with Gasteiger partial charge in [0.1, 0.15) is 0 Å². The van der Waals surface area contributed by atoms with Gasteiger partial charge in [0.25, 0.3) is 0 Å². The average molecular weight is 286 g/mol. The van der Waals surface area contributed by atoms with Crippen LogP contribution in [0.25, 0.3) is 0 Å². The van der Waals surface area contributed by atoms with E-state index in [1.807, 2.05) is 13.8 Å². The zero-order valence-corrected chi connectivity index (χ0v) is 13.2. The van der Waals surface area contributed by atoms with Gasteiger partial charge in [0, 0.05) is 13.1 Å². The van der Waals surface area contributed by atoms with Crippen molar-refractivity contribution in [3.8, 4) is 6.07 Å². The van der Waals surface area contributed by atoms with Crippen LogP contribution in [0.4, 0.5) is 0 Å². The third kappa shape index (κ3) is 5.49. The highest BCUT2D eigenvalue weighted by atomic mass is 16.3. The molecule has 1 unspecified atom stereocenters. The van der Waals surface area contributed by atoms with Gasteiger partial charge in [-0.05, 0) is 57.2 Å². The molecule has 3 nitrogen and oxygen atoms in total. The molecule has 1 aliphatic heterocycles. The van der Waals surface area contributed by atoms with E-state index < -0.39 is 5.60 Å². The quantitative estimate of drug-likeness (QED) is 0.904. The predicted molar refractivity (Wildman–Crippen MR) is 84.7 cm³/mol. The molecule has 1 aromatic rings. The number of benzene rings is 1.